The highest BCUT2D eigenvalue weighted by Crippen LogP contribution is 2.25. The number of carbonyl (C=O) groups excluding carboxylic acids is 2. The molecule has 2 rings (SSSR count). The molecular formula is C17H16ClNO4. The largest absolute Gasteiger partial charge is 0.495 e. The number of pyridine rings is 1. The molecular weight excluding hydrogens is 318 g/mol. The predicted molar refractivity (Wildman–Crippen MR) is 86.0 cm³/mol. The minimum atomic E-state index is -0.526. The summed E-state index contributed by atoms with van der Waals surface area (Å²) in [5.74, 6) is 0.0204. The van der Waals surface area contributed by atoms with Gasteiger partial charge in [0.05, 0.1) is 19.2 Å². The second kappa shape index (κ2) is 7.74. The lowest BCUT2D eigenvalue weighted by atomic mass is 10.0. The molecule has 5 nitrogen and oxygen atoms in total. The molecule has 0 radical (unpaired) electrons. The van der Waals surface area contributed by atoms with Crippen molar-refractivity contribution in [2.24, 2.45) is 0 Å². The molecule has 1 aromatic carbocycles. The van der Waals surface area contributed by atoms with Gasteiger partial charge in [0.15, 0.2) is 0 Å². The molecule has 2 aromatic rings. The van der Waals surface area contributed by atoms with Crippen LogP contribution in [-0.4, -0.2) is 31.0 Å². The summed E-state index contributed by atoms with van der Waals surface area (Å²) in [5, 5.41) is 0.501. The Morgan fingerprint density at radius 1 is 1.09 bits per heavy atom. The second-order valence-corrected chi connectivity index (χ2v) is 5.31. The summed E-state index contributed by atoms with van der Waals surface area (Å²) in [6, 6.07) is 8.49. The summed E-state index contributed by atoms with van der Waals surface area (Å²) in [4.78, 5) is 27.6. The summed E-state index contributed by atoms with van der Waals surface area (Å²) in [7, 11) is 2.81. The van der Waals surface area contributed by atoms with Gasteiger partial charge in [0.25, 0.3) is 0 Å². The van der Waals surface area contributed by atoms with E-state index in [1.165, 1.54) is 20.4 Å². The van der Waals surface area contributed by atoms with Crippen molar-refractivity contribution in [1.82, 2.24) is 4.98 Å². The van der Waals surface area contributed by atoms with E-state index in [1.54, 1.807) is 30.3 Å². The highest BCUT2D eigenvalue weighted by molar-refractivity contribution is 6.32. The molecule has 0 atom stereocenters. The Bertz CT molecular complexity index is 730. The van der Waals surface area contributed by atoms with E-state index in [1.807, 2.05) is 0 Å². The van der Waals surface area contributed by atoms with Crippen molar-refractivity contribution in [3.8, 4) is 5.75 Å². The molecule has 0 spiro atoms. The Kier molecular flexibility index (Phi) is 5.71. The van der Waals surface area contributed by atoms with E-state index in [-0.39, 0.29) is 24.3 Å². The van der Waals surface area contributed by atoms with Gasteiger partial charge in [-0.3, -0.25) is 4.79 Å². The van der Waals surface area contributed by atoms with Crippen LogP contribution in [0.25, 0.3) is 0 Å². The molecule has 1 aromatic heterocycles. The number of aromatic nitrogens is 1. The van der Waals surface area contributed by atoms with Gasteiger partial charge >= 0.3 is 5.97 Å². The molecule has 0 amide bonds. The van der Waals surface area contributed by atoms with Crippen LogP contribution >= 0.6 is 11.6 Å². The van der Waals surface area contributed by atoms with Crippen LogP contribution in [0.1, 0.15) is 21.6 Å². The summed E-state index contributed by atoms with van der Waals surface area (Å²) >= 11 is 5.96. The molecule has 0 aliphatic heterocycles. The Morgan fingerprint density at radius 3 is 2.43 bits per heavy atom. The summed E-state index contributed by atoms with van der Waals surface area (Å²) in [6.45, 7) is 0. The quantitative estimate of drug-likeness (QED) is 0.760. The lowest BCUT2D eigenvalue weighted by molar-refractivity contribution is -0.117. The third kappa shape index (κ3) is 4.53. The fraction of sp³-hybridized carbons (Fsp3) is 0.235. The molecule has 0 saturated carbocycles. The average Bonchev–Trinajstić information content (AvgIpc) is 2.56. The average molecular weight is 334 g/mol. The van der Waals surface area contributed by atoms with Crippen molar-refractivity contribution in [2.45, 2.75) is 12.8 Å². The van der Waals surface area contributed by atoms with Crippen molar-refractivity contribution in [3.05, 3.63) is 58.4 Å². The number of nitrogens with zero attached hydrogens (tertiary/aromatic N) is 1. The van der Waals surface area contributed by atoms with Crippen LogP contribution in [0, 0.1) is 0 Å². The highest BCUT2D eigenvalue weighted by Gasteiger charge is 2.11. The van der Waals surface area contributed by atoms with Crippen LogP contribution in [0.3, 0.4) is 0 Å². The zero-order chi connectivity index (χ0) is 16.8. The smallest absolute Gasteiger partial charge is 0.356 e. The van der Waals surface area contributed by atoms with Gasteiger partial charge in [0, 0.05) is 19.0 Å². The first kappa shape index (κ1) is 17.0. The first-order chi connectivity index (χ1) is 11.0. The molecule has 0 saturated heterocycles. The fourth-order valence-corrected chi connectivity index (χ4v) is 2.33. The van der Waals surface area contributed by atoms with E-state index in [0.29, 0.717) is 16.3 Å². The monoisotopic (exact) mass is 333 g/mol. The third-order valence-electron chi connectivity index (χ3n) is 3.24. The van der Waals surface area contributed by atoms with Gasteiger partial charge in [-0.05, 0) is 35.4 Å². The fourth-order valence-electron chi connectivity index (χ4n) is 2.13. The van der Waals surface area contributed by atoms with Gasteiger partial charge in [-0.25, -0.2) is 9.78 Å². The SMILES string of the molecule is COC(=O)c1cc(CC(=O)Cc2ccc(Cl)c(OC)c2)ccn1. The Hall–Kier alpha value is -2.40. The highest BCUT2D eigenvalue weighted by atomic mass is 35.5. The lowest BCUT2D eigenvalue weighted by Gasteiger charge is -2.07. The van der Waals surface area contributed by atoms with Crippen LogP contribution in [-0.2, 0) is 22.4 Å². The van der Waals surface area contributed by atoms with Crippen LogP contribution in [0.15, 0.2) is 36.5 Å². The number of halogens is 1. The maximum atomic E-state index is 12.2. The number of esters is 1. The number of ether oxygens (including phenoxy) is 2. The number of methoxy groups -OCH3 is 2. The number of Topliss-reactive ketones (excluding diaryl/α,β-unsaturated/α-hetero) is 1. The predicted octanol–water partition coefficient (Wildman–Crippen LogP) is 2.88. The molecule has 23 heavy (non-hydrogen) atoms. The number of benzene rings is 1. The lowest BCUT2D eigenvalue weighted by Crippen LogP contribution is -2.09. The maximum Gasteiger partial charge on any atom is 0.356 e. The molecule has 0 aliphatic rings. The second-order valence-electron chi connectivity index (χ2n) is 4.90. The standard InChI is InChI=1S/C17H16ClNO4/c1-22-16-10-11(3-4-14(16)18)7-13(20)8-12-5-6-19-15(9-12)17(21)23-2/h3-6,9-10H,7-8H2,1-2H3. The van der Waals surface area contributed by atoms with Crippen LogP contribution in [0.5, 0.6) is 5.75 Å². The molecule has 0 N–H and O–H groups in total. The van der Waals surface area contributed by atoms with Gasteiger partial charge in [-0.1, -0.05) is 17.7 Å². The Balaban J connectivity index is 2.06. The van der Waals surface area contributed by atoms with Gasteiger partial charge in [-0.2, -0.15) is 0 Å². The zero-order valence-corrected chi connectivity index (χ0v) is 13.6. The summed E-state index contributed by atoms with van der Waals surface area (Å²) in [5.41, 5.74) is 1.72. The number of rotatable bonds is 6. The number of ketones is 1. The maximum absolute atomic E-state index is 12.2. The molecule has 1 heterocycles. The molecule has 0 unspecified atom stereocenters. The van der Waals surface area contributed by atoms with Gasteiger partial charge in [0.1, 0.15) is 17.2 Å². The number of hydrogen-bond donors (Lipinski definition) is 0. The summed E-state index contributed by atoms with van der Waals surface area (Å²) in [6.07, 6.45) is 1.95. The number of hydrogen-bond acceptors (Lipinski definition) is 5. The minimum absolute atomic E-state index is 0.0105. The van der Waals surface area contributed by atoms with E-state index < -0.39 is 5.97 Å². The molecule has 0 bridgehead atoms. The number of carbonyl (C=O) groups is 2. The zero-order valence-electron chi connectivity index (χ0n) is 12.8. The molecule has 0 aliphatic carbocycles. The molecule has 0 fully saturated rings. The normalized spacial score (nSPS) is 10.2. The van der Waals surface area contributed by atoms with Gasteiger partial charge < -0.3 is 9.47 Å². The Morgan fingerprint density at radius 2 is 1.78 bits per heavy atom. The third-order valence-corrected chi connectivity index (χ3v) is 3.55. The van der Waals surface area contributed by atoms with Crippen LogP contribution < -0.4 is 4.74 Å². The first-order valence-electron chi connectivity index (χ1n) is 6.91. The first-order valence-corrected chi connectivity index (χ1v) is 7.28. The van der Waals surface area contributed by atoms with Gasteiger partial charge in [0.2, 0.25) is 0 Å². The van der Waals surface area contributed by atoms with Crippen molar-refractivity contribution >= 4 is 23.4 Å². The van der Waals surface area contributed by atoms with Crippen LogP contribution in [0.2, 0.25) is 5.02 Å². The van der Waals surface area contributed by atoms with E-state index in [2.05, 4.69) is 9.72 Å². The van der Waals surface area contributed by atoms with E-state index >= 15 is 0 Å². The Labute approximate surface area is 139 Å². The minimum Gasteiger partial charge on any atom is -0.495 e. The van der Waals surface area contributed by atoms with Gasteiger partial charge in [-0.15, -0.1) is 0 Å². The van der Waals surface area contributed by atoms with Crippen molar-refractivity contribution in [2.75, 3.05) is 14.2 Å². The molecule has 120 valence electrons. The van der Waals surface area contributed by atoms with Crippen molar-refractivity contribution in [3.63, 3.8) is 0 Å². The summed E-state index contributed by atoms with van der Waals surface area (Å²) < 4.78 is 9.75. The van der Waals surface area contributed by atoms with E-state index in [9.17, 15) is 9.59 Å². The van der Waals surface area contributed by atoms with Crippen molar-refractivity contribution in [1.29, 1.82) is 0 Å². The van der Waals surface area contributed by atoms with Crippen molar-refractivity contribution < 1.29 is 19.1 Å². The van der Waals surface area contributed by atoms with Crippen LogP contribution in [0.4, 0.5) is 0 Å². The molecule has 6 heteroatoms. The van der Waals surface area contributed by atoms with E-state index in [0.717, 1.165) is 5.56 Å². The van der Waals surface area contributed by atoms with E-state index in [4.69, 9.17) is 16.3 Å². The topological polar surface area (TPSA) is 65.5 Å².